The zero-order valence-corrected chi connectivity index (χ0v) is 12.7. The molecule has 0 saturated heterocycles. The summed E-state index contributed by atoms with van der Waals surface area (Å²) in [6.07, 6.45) is 0.471. The standard InChI is InChI=1S/C15H23NO2S/c1-4-16-15(13-8-6-5-7-9-13)12(2)19-11-10-14(17)18-3/h5-9,12,15-16H,4,10-11H2,1-3H3. The van der Waals surface area contributed by atoms with Crippen LogP contribution < -0.4 is 5.32 Å². The Morgan fingerprint density at radius 3 is 2.63 bits per heavy atom. The van der Waals surface area contributed by atoms with Gasteiger partial charge in [-0.2, -0.15) is 11.8 Å². The number of hydrogen-bond acceptors (Lipinski definition) is 4. The Labute approximate surface area is 120 Å². The van der Waals surface area contributed by atoms with Gasteiger partial charge in [-0.3, -0.25) is 4.79 Å². The van der Waals surface area contributed by atoms with Crippen molar-refractivity contribution in [2.45, 2.75) is 31.6 Å². The second-order valence-electron chi connectivity index (χ2n) is 4.35. The molecule has 106 valence electrons. The highest BCUT2D eigenvalue weighted by Crippen LogP contribution is 2.26. The quantitative estimate of drug-likeness (QED) is 0.743. The Morgan fingerprint density at radius 2 is 2.05 bits per heavy atom. The van der Waals surface area contributed by atoms with Crippen LogP contribution >= 0.6 is 11.8 Å². The van der Waals surface area contributed by atoms with Gasteiger partial charge < -0.3 is 10.1 Å². The molecule has 0 fully saturated rings. The second-order valence-corrected chi connectivity index (χ2v) is 5.83. The van der Waals surface area contributed by atoms with E-state index >= 15 is 0 Å². The van der Waals surface area contributed by atoms with Gasteiger partial charge in [0.1, 0.15) is 0 Å². The molecule has 1 rings (SSSR count). The summed E-state index contributed by atoms with van der Waals surface area (Å²) in [5, 5.41) is 3.92. The molecule has 1 N–H and O–H groups in total. The van der Waals surface area contributed by atoms with Gasteiger partial charge in [0.2, 0.25) is 0 Å². The molecule has 4 heteroatoms. The molecular formula is C15H23NO2S. The van der Waals surface area contributed by atoms with Gasteiger partial charge in [0.25, 0.3) is 0 Å². The van der Waals surface area contributed by atoms with E-state index in [4.69, 9.17) is 0 Å². The lowest BCUT2D eigenvalue weighted by Crippen LogP contribution is -2.28. The fourth-order valence-electron chi connectivity index (χ4n) is 1.96. The molecule has 19 heavy (non-hydrogen) atoms. The summed E-state index contributed by atoms with van der Waals surface area (Å²) in [6.45, 7) is 5.24. The molecule has 0 spiro atoms. The van der Waals surface area contributed by atoms with Gasteiger partial charge in [0.15, 0.2) is 0 Å². The van der Waals surface area contributed by atoms with Crippen LogP contribution in [0.5, 0.6) is 0 Å². The third-order valence-corrected chi connectivity index (χ3v) is 4.20. The first-order valence-corrected chi connectivity index (χ1v) is 7.70. The SMILES string of the molecule is CCNC(c1ccccc1)C(C)SCCC(=O)OC. The molecule has 1 aromatic rings. The monoisotopic (exact) mass is 281 g/mol. The molecule has 0 saturated carbocycles. The van der Waals surface area contributed by atoms with Crippen molar-refractivity contribution < 1.29 is 9.53 Å². The zero-order valence-electron chi connectivity index (χ0n) is 11.9. The van der Waals surface area contributed by atoms with E-state index in [0.717, 1.165) is 12.3 Å². The third kappa shape index (κ3) is 5.66. The molecule has 0 aromatic heterocycles. The van der Waals surface area contributed by atoms with E-state index in [1.54, 1.807) is 11.8 Å². The number of carbonyl (C=O) groups excluding carboxylic acids is 1. The van der Waals surface area contributed by atoms with Gasteiger partial charge >= 0.3 is 5.97 Å². The molecule has 0 bridgehead atoms. The Balaban J connectivity index is 2.54. The predicted octanol–water partition coefficient (Wildman–Crippen LogP) is 3.02. The number of thioether (sulfide) groups is 1. The molecular weight excluding hydrogens is 258 g/mol. The highest BCUT2D eigenvalue weighted by atomic mass is 32.2. The van der Waals surface area contributed by atoms with Crippen molar-refractivity contribution in [2.75, 3.05) is 19.4 Å². The van der Waals surface area contributed by atoms with Gasteiger partial charge in [0.05, 0.1) is 13.5 Å². The summed E-state index contributed by atoms with van der Waals surface area (Å²) in [6, 6.07) is 10.8. The van der Waals surface area contributed by atoms with Crippen molar-refractivity contribution in [3.05, 3.63) is 35.9 Å². The van der Waals surface area contributed by atoms with Crippen LogP contribution in [0.3, 0.4) is 0 Å². The first-order valence-electron chi connectivity index (χ1n) is 6.65. The van der Waals surface area contributed by atoms with Crippen molar-refractivity contribution in [1.82, 2.24) is 5.32 Å². The van der Waals surface area contributed by atoms with E-state index < -0.39 is 0 Å². The Morgan fingerprint density at radius 1 is 1.37 bits per heavy atom. The largest absolute Gasteiger partial charge is 0.469 e. The minimum atomic E-state index is -0.139. The number of benzene rings is 1. The summed E-state index contributed by atoms with van der Waals surface area (Å²) in [4.78, 5) is 11.1. The van der Waals surface area contributed by atoms with Crippen molar-refractivity contribution in [3.8, 4) is 0 Å². The minimum Gasteiger partial charge on any atom is -0.469 e. The molecule has 3 nitrogen and oxygen atoms in total. The van der Waals surface area contributed by atoms with Crippen molar-refractivity contribution in [3.63, 3.8) is 0 Å². The molecule has 0 aliphatic heterocycles. The molecule has 0 aliphatic carbocycles. The summed E-state index contributed by atoms with van der Waals surface area (Å²) in [5.74, 6) is 0.655. The molecule has 1 aromatic carbocycles. The number of ether oxygens (including phenoxy) is 1. The average molecular weight is 281 g/mol. The summed E-state index contributed by atoms with van der Waals surface area (Å²) < 4.78 is 4.66. The van der Waals surface area contributed by atoms with Crippen LogP contribution in [-0.4, -0.2) is 30.6 Å². The number of rotatable bonds is 8. The van der Waals surface area contributed by atoms with Crippen molar-refractivity contribution >= 4 is 17.7 Å². The predicted molar refractivity (Wildman–Crippen MR) is 81.4 cm³/mol. The molecule has 2 atom stereocenters. The third-order valence-electron chi connectivity index (χ3n) is 2.97. The first-order chi connectivity index (χ1) is 9.19. The lowest BCUT2D eigenvalue weighted by molar-refractivity contribution is -0.140. The Bertz CT molecular complexity index is 370. The lowest BCUT2D eigenvalue weighted by Gasteiger charge is -2.24. The molecule has 0 amide bonds. The summed E-state index contributed by atoms with van der Waals surface area (Å²) >= 11 is 1.80. The average Bonchev–Trinajstić information content (AvgIpc) is 2.45. The Hall–Kier alpha value is -1.00. The number of esters is 1. The van der Waals surface area contributed by atoms with E-state index in [2.05, 4.69) is 48.2 Å². The van der Waals surface area contributed by atoms with Crippen LogP contribution in [-0.2, 0) is 9.53 Å². The van der Waals surface area contributed by atoms with Gasteiger partial charge in [-0.05, 0) is 12.1 Å². The number of methoxy groups -OCH3 is 1. The van der Waals surface area contributed by atoms with Crippen LogP contribution in [0.1, 0.15) is 31.9 Å². The van der Waals surface area contributed by atoms with Crippen molar-refractivity contribution in [2.24, 2.45) is 0 Å². The summed E-state index contributed by atoms with van der Waals surface area (Å²) in [7, 11) is 1.43. The Kier molecular flexibility index (Phi) is 7.60. The van der Waals surface area contributed by atoms with Gasteiger partial charge in [-0.25, -0.2) is 0 Å². The highest BCUT2D eigenvalue weighted by molar-refractivity contribution is 7.99. The molecule has 2 unspecified atom stereocenters. The van der Waals surface area contributed by atoms with E-state index in [1.807, 2.05) is 6.07 Å². The van der Waals surface area contributed by atoms with Crippen LogP contribution in [0.25, 0.3) is 0 Å². The lowest BCUT2D eigenvalue weighted by atomic mass is 10.0. The van der Waals surface area contributed by atoms with E-state index in [-0.39, 0.29) is 5.97 Å². The second kappa shape index (κ2) is 8.99. The zero-order chi connectivity index (χ0) is 14.1. The van der Waals surface area contributed by atoms with Crippen LogP contribution in [0, 0.1) is 0 Å². The smallest absolute Gasteiger partial charge is 0.306 e. The van der Waals surface area contributed by atoms with Crippen LogP contribution in [0.4, 0.5) is 0 Å². The molecule has 0 heterocycles. The van der Waals surface area contributed by atoms with E-state index in [9.17, 15) is 4.79 Å². The maximum absolute atomic E-state index is 11.1. The van der Waals surface area contributed by atoms with Crippen LogP contribution in [0.15, 0.2) is 30.3 Å². The highest BCUT2D eigenvalue weighted by Gasteiger charge is 2.18. The first kappa shape index (κ1) is 16.1. The van der Waals surface area contributed by atoms with E-state index in [0.29, 0.717) is 17.7 Å². The van der Waals surface area contributed by atoms with Crippen molar-refractivity contribution in [1.29, 1.82) is 0 Å². The number of nitrogens with one attached hydrogen (secondary N) is 1. The fourth-order valence-corrected chi connectivity index (χ4v) is 3.06. The van der Waals surface area contributed by atoms with Gasteiger partial charge in [-0.1, -0.05) is 44.2 Å². The van der Waals surface area contributed by atoms with Gasteiger partial charge in [0, 0.05) is 17.0 Å². The van der Waals surface area contributed by atoms with Crippen LogP contribution in [0.2, 0.25) is 0 Å². The normalized spacial score (nSPS) is 13.8. The minimum absolute atomic E-state index is 0.139. The van der Waals surface area contributed by atoms with Gasteiger partial charge in [-0.15, -0.1) is 0 Å². The topological polar surface area (TPSA) is 38.3 Å². The molecule has 0 aliphatic rings. The maximum atomic E-state index is 11.1. The number of hydrogen-bond donors (Lipinski definition) is 1. The fraction of sp³-hybridized carbons (Fsp3) is 0.533. The van der Waals surface area contributed by atoms with E-state index in [1.165, 1.54) is 12.7 Å². The number of carbonyl (C=O) groups is 1. The summed E-state index contributed by atoms with van der Waals surface area (Å²) in [5.41, 5.74) is 1.29. The molecule has 0 radical (unpaired) electrons. The maximum Gasteiger partial charge on any atom is 0.306 e.